The third-order valence-electron chi connectivity index (χ3n) is 7.13. The molecule has 2 saturated heterocycles. The van der Waals surface area contributed by atoms with Crippen molar-refractivity contribution in [1.82, 2.24) is 9.80 Å². The third kappa shape index (κ3) is 3.88. The summed E-state index contributed by atoms with van der Waals surface area (Å²) in [4.78, 5) is 5.46. The first-order valence-corrected chi connectivity index (χ1v) is 10.5. The SMILES string of the molecule is CN(CCN1[C@@H]2CC[C@H]1CC(c1cccc(O)c1)C2)C1CCCCC1. The molecule has 0 amide bonds. The van der Waals surface area contributed by atoms with Gasteiger partial charge in [-0.2, -0.15) is 0 Å². The molecular weight excluding hydrogens is 308 g/mol. The van der Waals surface area contributed by atoms with E-state index in [1.165, 1.54) is 76.4 Å². The van der Waals surface area contributed by atoms with E-state index in [0.29, 0.717) is 11.7 Å². The molecule has 2 heterocycles. The minimum atomic E-state index is 0.418. The molecule has 1 unspecified atom stereocenters. The monoisotopic (exact) mass is 342 g/mol. The van der Waals surface area contributed by atoms with Crippen molar-refractivity contribution >= 4 is 0 Å². The van der Waals surface area contributed by atoms with Gasteiger partial charge in [-0.25, -0.2) is 0 Å². The van der Waals surface area contributed by atoms with Gasteiger partial charge in [-0.15, -0.1) is 0 Å². The minimum absolute atomic E-state index is 0.418. The summed E-state index contributed by atoms with van der Waals surface area (Å²) in [7, 11) is 2.34. The molecule has 138 valence electrons. The fourth-order valence-electron chi connectivity index (χ4n) is 5.67. The molecule has 1 aromatic carbocycles. The quantitative estimate of drug-likeness (QED) is 0.861. The standard InChI is InChI=1S/C22H34N2O/c1-23(19-7-3-2-4-8-19)12-13-24-20-10-11-21(24)15-18(14-20)17-6-5-9-22(25)16-17/h5-6,9,16,18-21,25H,2-4,7-8,10-15H2,1H3/t18?,20-,21+. The molecule has 0 radical (unpaired) electrons. The average molecular weight is 343 g/mol. The number of piperidine rings is 1. The number of phenolic OH excluding ortho intramolecular Hbond substituents is 1. The lowest BCUT2D eigenvalue weighted by Crippen LogP contribution is -2.47. The van der Waals surface area contributed by atoms with Crippen molar-refractivity contribution in [2.24, 2.45) is 0 Å². The van der Waals surface area contributed by atoms with Crippen LogP contribution in [0.2, 0.25) is 0 Å². The number of rotatable bonds is 5. The molecule has 25 heavy (non-hydrogen) atoms. The first-order chi connectivity index (χ1) is 12.2. The summed E-state index contributed by atoms with van der Waals surface area (Å²) in [6, 6.07) is 10.3. The molecule has 3 heteroatoms. The maximum atomic E-state index is 9.80. The van der Waals surface area contributed by atoms with Crippen LogP contribution in [-0.4, -0.2) is 53.2 Å². The Morgan fingerprint density at radius 2 is 1.76 bits per heavy atom. The first-order valence-electron chi connectivity index (χ1n) is 10.5. The molecule has 3 aliphatic rings. The van der Waals surface area contributed by atoms with Gasteiger partial charge in [0, 0.05) is 31.2 Å². The van der Waals surface area contributed by atoms with Crippen LogP contribution in [0.25, 0.3) is 0 Å². The lowest BCUT2D eigenvalue weighted by Gasteiger charge is -2.41. The number of fused-ring (bicyclic) bond motifs is 2. The average Bonchev–Trinajstić information content (AvgIpc) is 2.87. The smallest absolute Gasteiger partial charge is 0.115 e. The summed E-state index contributed by atoms with van der Waals surface area (Å²) in [5, 5.41) is 9.80. The Morgan fingerprint density at radius 3 is 2.44 bits per heavy atom. The second kappa shape index (κ2) is 7.67. The topological polar surface area (TPSA) is 26.7 Å². The van der Waals surface area contributed by atoms with E-state index in [0.717, 1.165) is 18.1 Å². The van der Waals surface area contributed by atoms with Crippen LogP contribution < -0.4 is 0 Å². The molecular formula is C22H34N2O. The highest BCUT2D eigenvalue weighted by atomic mass is 16.3. The molecule has 0 aromatic heterocycles. The van der Waals surface area contributed by atoms with Gasteiger partial charge < -0.3 is 10.0 Å². The number of hydrogen-bond donors (Lipinski definition) is 1. The van der Waals surface area contributed by atoms with Crippen LogP contribution in [0, 0.1) is 0 Å². The number of benzene rings is 1. The highest BCUT2D eigenvalue weighted by molar-refractivity contribution is 5.30. The zero-order chi connectivity index (χ0) is 17.2. The van der Waals surface area contributed by atoms with Crippen LogP contribution in [0.15, 0.2) is 24.3 Å². The second-order valence-electron chi connectivity index (χ2n) is 8.66. The van der Waals surface area contributed by atoms with Gasteiger partial charge in [-0.1, -0.05) is 31.4 Å². The van der Waals surface area contributed by atoms with Crippen LogP contribution >= 0.6 is 0 Å². The van der Waals surface area contributed by atoms with E-state index in [4.69, 9.17) is 0 Å². The Labute approximate surface area is 153 Å². The Bertz CT molecular complexity index is 555. The van der Waals surface area contributed by atoms with Gasteiger partial charge in [-0.05, 0) is 69.2 Å². The third-order valence-corrected chi connectivity index (χ3v) is 7.13. The minimum Gasteiger partial charge on any atom is -0.508 e. The van der Waals surface area contributed by atoms with Crippen LogP contribution in [0.1, 0.15) is 69.3 Å². The zero-order valence-electron chi connectivity index (χ0n) is 15.7. The van der Waals surface area contributed by atoms with Gasteiger partial charge >= 0.3 is 0 Å². The van der Waals surface area contributed by atoms with E-state index in [-0.39, 0.29) is 0 Å². The Kier molecular flexibility index (Phi) is 5.33. The summed E-state index contributed by atoms with van der Waals surface area (Å²) in [6.07, 6.45) is 12.4. The summed E-state index contributed by atoms with van der Waals surface area (Å²) in [5.41, 5.74) is 1.34. The van der Waals surface area contributed by atoms with Crippen LogP contribution in [0.4, 0.5) is 0 Å². The summed E-state index contributed by atoms with van der Waals surface area (Å²) < 4.78 is 0. The van der Waals surface area contributed by atoms with E-state index in [1.54, 1.807) is 6.07 Å². The van der Waals surface area contributed by atoms with Crippen molar-refractivity contribution in [2.75, 3.05) is 20.1 Å². The van der Waals surface area contributed by atoms with Crippen LogP contribution in [0.5, 0.6) is 5.75 Å². The van der Waals surface area contributed by atoms with Gasteiger partial charge in [0.15, 0.2) is 0 Å². The summed E-state index contributed by atoms with van der Waals surface area (Å²) >= 11 is 0. The normalized spacial score (nSPS) is 30.9. The molecule has 2 bridgehead atoms. The zero-order valence-corrected chi connectivity index (χ0v) is 15.7. The molecule has 1 aromatic rings. The van der Waals surface area contributed by atoms with E-state index in [9.17, 15) is 5.11 Å². The van der Waals surface area contributed by atoms with Crippen molar-refractivity contribution in [1.29, 1.82) is 0 Å². The van der Waals surface area contributed by atoms with E-state index < -0.39 is 0 Å². The molecule has 1 N–H and O–H groups in total. The van der Waals surface area contributed by atoms with Gasteiger partial charge in [-0.3, -0.25) is 4.90 Å². The Hall–Kier alpha value is -1.06. The maximum Gasteiger partial charge on any atom is 0.115 e. The molecule has 3 fully saturated rings. The van der Waals surface area contributed by atoms with E-state index in [1.807, 2.05) is 12.1 Å². The van der Waals surface area contributed by atoms with Crippen molar-refractivity contribution < 1.29 is 5.11 Å². The highest BCUT2D eigenvalue weighted by Crippen LogP contribution is 2.43. The van der Waals surface area contributed by atoms with Crippen molar-refractivity contribution in [3.05, 3.63) is 29.8 Å². The fraction of sp³-hybridized carbons (Fsp3) is 0.727. The Balaban J connectivity index is 1.33. The number of likely N-dealkylation sites (N-methyl/N-ethyl adjacent to an activating group) is 1. The number of hydrogen-bond acceptors (Lipinski definition) is 3. The maximum absolute atomic E-state index is 9.80. The largest absolute Gasteiger partial charge is 0.508 e. The molecule has 1 saturated carbocycles. The molecule has 3 nitrogen and oxygen atoms in total. The van der Waals surface area contributed by atoms with Crippen molar-refractivity contribution in [2.45, 2.75) is 81.8 Å². The summed E-state index contributed by atoms with van der Waals surface area (Å²) in [5.74, 6) is 1.05. The predicted molar refractivity (Wildman–Crippen MR) is 103 cm³/mol. The molecule has 1 aliphatic carbocycles. The van der Waals surface area contributed by atoms with Gasteiger partial charge in [0.25, 0.3) is 0 Å². The molecule has 0 spiro atoms. The van der Waals surface area contributed by atoms with Crippen LogP contribution in [0.3, 0.4) is 0 Å². The highest BCUT2D eigenvalue weighted by Gasteiger charge is 2.40. The lowest BCUT2D eigenvalue weighted by molar-refractivity contribution is 0.0972. The van der Waals surface area contributed by atoms with E-state index in [2.05, 4.69) is 22.9 Å². The molecule has 4 rings (SSSR count). The second-order valence-corrected chi connectivity index (χ2v) is 8.66. The Morgan fingerprint density at radius 1 is 1.04 bits per heavy atom. The van der Waals surface area contributed by atoms with Crippen LogP contribution in [-0.2, 0) is 0 Å². The lowest BCUT2D eigenvalue weighted by atomic mass is 9.85. The van der Waals surface area contributed by atoms with Crippen molar-refractivity contribution in [3.63, 3.8) is 0 Å². The molecule has 2 aliphatic heterocycles. The summed E-state index contributed by atoms with van der Waals surface area (Å²) in [6.45, 7) is 2.48. The van der Waals surface area contributed by atoms with Gasteiger partial charge in [0.1, 0.15) is 5.75 Å². The first kappa shape index (κ1) is 17.4. The number of nitrogens with zero attached hydrogens (tertiary/aromatic N) is 2. The number of phenols is 1. The van der Waals surface area contributed by atoms with E-state index >= 15 is 0 Å². The molecule has 3 atom stereocenters. The van der Waals surface area contributed by atoms with Crippen molar-refractivity contribution in [3.8, 4) is 5.75 Å². The van der Waals surface area contributed by atoms with Gasteiger partial charge in [0.2, 0.25) is 0 Å². The predicted octanol–water partition coefficient (Wildman–Crippen LogP) is 4.37. The van der Waals surface area contributed by atoms with Gasteiger partial charge in [0.05, 0.1) is 0 Å². The number of aromatic hydroxyl groups is 1. The fourth-order valence-corrected chi connectivity index (χ4v) is 5.67.